The molecule has 1 aromatic rings. The normalized spacial score (nSPS) is 15.2. The Hall–Kier alpha value is -1.63. The molecular formula is C15H25N5OS. The SMILES string of the molecule is CCNC(=NCC(=O)N1CCCC1)NCCc1csc(C)n1. The largest absolute Gasteiger partial charge is 0.357 e. The number of amides is 1. The first-order valence-electron chi connectivity index (χ1n) is 7.90. The molecule has 0 aliphatic carbocycles. The number of thiazole rings is 1. The smallest absolute Gasteiger partial charge is 0.244 e. The van der Waals surface area contributed by atoms with Gasteiger partial charge in [-0.3, -0.25) is 4.79 Å². The average Bonchev–Trinajstić information content (AvgIpc) is 3.16. The number of aromatic nitrogens is 1. The summed E-state index contributed by atoms with van der Waals surface area (Å²) in [4.78, 5) is 22.7. The van der Waals surface area contributed by atoms with E-state index in [2.05, 4.69) is 26.0 Å². The predicted molar refractivity (Wildman–Crippen MR) is 90.4 cm³/mol. The van der Waals surface area contributed by atoms with Crippen molar-refractivity contribution >= 4 is 23.2 Å². The van der Waals surface area contributed by atoms with Gasteiger partial charge in [-0.2, -0.15) is 0 Å². The van der Waals surface area contributed by atoms with E-state index >= 15 is 0 Å². The topological polar surface area (TPSA) is 69.6 Å². The van der Waals surface area contributed by atoms with Gasteiger partial charge in [0.2, 0.25) is 5.91 Å². The van der Waals surface area contributed by atoms with Crippen molar-refractivity contribution in [3.8, 4) is 0 Å². The third kappa shape index (κ3) is 5.29. The lowest BCUT2D eigenvalue weighted by molar-refractivity contribution is -0.128. The van der Waals surface area contributed by atoms with Gasteiger partial charge in [0.05, 0.1) is 10.7 Å². The van der Waals surface area contributed by atoms with Crippen molar-refractivity contribution in [2.75, 3.05) is 32.7 Å². The minimum absolute atomic E-state index is 0.116. The van der Waals surface area contributed by atoms with Crippen LogP contribution in [0.25, 0.3) is 0 Å². The Kier molecular flexibility index (Phi) is 6.64. The fraction of sp³-hybridized carbons (Fsp3) is 0.667. The van der Waals surface area contributed by atoms with E-state index in [1.165, 1.54) is 0 Å². The number of hydrogen-bond acceptors (Lipinski definition) is 4. The first kappa shape index (κ1) is 16.7. The molecule has 0 unspecified atom stereocenters. The fourth-order valence-electron chi connectivity index (χ4n) is 2.39. The lowest BCUT2D eigenvalue weighted by atomic mass is 10.3. The van der Waals surface area contributed by atoms with Crippen LogP contribution in [0.4, 0.5) is 0 Å². The Bertz CT molecular complexity index is 508. The molecule has 1 fully saturated rings. The van der Waals surface area contributed by atoms with Gasteiger partial charge in [-0.1, -0.05) is 0 Å². The summed E-state index contributed by atoms with van der Waals surface area (Å²) < 4.78 is 0. The molecule has 7 heteroatoms. The molecule has 0 saturated carbocycles. The standard InChI is InChI=1S/C15H25N5OS/c1-3-16-15(17-7-6-13-11-22-12(2)19-13)18-10-14(21)20-8-4-5-9-20/h11H,3-10H2,1-2H3,(H2,16,17,18). The van der Waals surface area contributed by atoms with Crippen LogP contribution in [0.15, 0.2) is 10.4 Å². The number of nitrogens with zero attached hydrogens (tertiary/aromatic N) is 3. The van der Waals surface area contributed by atoms with Crippen LogP contribution in [-0.2, 0) is 11.2 Å². The molecule has 0 spiro atoms. The van der Waals surface area contributed by atoms with Gasteiger partial charge in [-0.05, 0) is 26.7 Å². The van der Waals surface area contributed by atoms with E-state index < -0.39 is 0 Å². The molecule has 2 rings (SSSR count). The number of hydrogen-bond donors (Lipinski definition) is 2. The third-order valence-electron chi connectivity index (χ3n) is 3.52. The van der Waals surface area contributed by atoms with Gasteiger partial charge in [0.15, 0.2) is 5.96 Å². The average molecular weight is 323 g/mol. The highest BCUT2D eigenvalue weighted by Gasteiger charge is 2.17. The van der Waals surface area contributed by atoms with Crippen molar-refractivity contribution in [1.82, 2.24) is 20.5 Å². The second-order valence-corrected chi connectivity index (χ2v) is 6.38. The Morgan fingerprint density at radius 3 is 2.82 bits per heavy atom. The van der Waals surface area contributed by atoms with E-state index in [1.54, 1.807) is 11.3 Å². The van der Waals surface area contributed by atoms with E-state index in [4.69, 9.17) is 0 Å². The molecule has 0 bridgehead atoms. The highest BCUT2D eigenvalue weighted by molar-refractivity contribution is 7.09. The molecule has 22 heavy (non-hydrogen) atoms. The zero-order valence-electron chi connectivity index (χ0n) is 13.4. The molecule has 122 valence electrons. The van der Waals surface area contributed by atoms with Crippen molar-refractivity contribution in [3.63, 3.8) is 0 Å². The molecule has 1 aliphatic rings. The number of aliphatic imine (C=N–C) groups is 1. The zero-order chi connectivity index (χ0) is 15.8. The number of guanidine groups is 1. The van der Waals surface area contributed by atoms with Gasteiger partial charge in [0, 0.05) is 38.0 Å². The van der Waals surface area contributed by atoms with Crippen LogP contribution in [0, 0.1) is 6.92 Å². The number of nitrogens with one attached hydrogen (secondary N) is 2. The monoisotopic (exact) mass is 323 g/mol. The Morgan fingerprint density at radius 1 is 1.41 bits per heavy atom. The summed E-state index contributed by atoms with van der Waals surface area (Å²) in [6.07, 6.45) is 3.08. The lowest BCUT2D eigenvalue weighted by Gasteiger charge is -2.15. The van der Waals surface area contributed by atoms with Gasteiger partial charge >= 0.3 is 0 Å². The van der Waals surface area contributed by atoms with Gasteiger partial charge < -0.3 is 15.5 Å². The number of carbonyl (C=O) groups excluding carboxylic acids is 1. The summed E-state index contributed by atoms with van der Waals surface area (Å²) in [5.41, 5.74) is 1.10. The fourth-order valence-corrected chi connectivity index (χ4v) is 3.03. The van der Waals surface area contributed by atoms with Crippen LogP contribution >= 0.6 is 11.3 Å². The third-order valence-corrected chi connectivity index (χ3v) is 4.34. The number of likely N-dealkylation sites (tertiary alicyclic amines) is 1. The van der Waals surface area contributed by atoms with Crippen LogP contribution in [0.1, 0.15) is 30.5 Å². The first-order valence-corrected chi connectivity index (χ1v) is 8.78. The molecular weight excluding hydrogens is 298 g/mol. The summed E-state index contributed by atoms with van der Waals surface area (Å²) in [5.74, 6) is 0.812. The highest BCUT2D eigenvalue weighted by Crippen LogP contribution is 2.08. The van der Waals surface area contributed by atoms with Gasteiger partial charge in [-0.15, -0.1) is 11.3 Å². The second kappa shape index (κ2) is 8.73. The molecule has 2 N–H and O–H groups in total. The van der Waals surface area contributed by atoms with Crippen molar-refractivity contribution in [2.24, 2.45) is 4.99 Å². The second-order valence-electron chi connectivity index (χ2n) is 5.32. The van der Waals surface area contributed by atoms with Gasteiger partial charge in [0.25, 0.3) is 0 Å². The van der Waals surface area contributed by atoms with Gasteiger partial charge in [0.1, 0.15) is 6.54 Å². The molecule has 0 radical (unpaired) electrons. The van der Waals surface area contributed by atoms with Crippen molar-refractivity contribution in [2.45, 2.75) is 33.1 Å². The molecule has 6 nitrogen and oxygen atoms in total. The van der Waals surface area contributed by atoms with Crippen LogP contribution in [-0.4, -0.2) is 54.5 Å². The summed E-state index contributed by atoms with van der Waals surface area (Å²) in [6, 6.07) is 0. The summed E-state index contributed by atoms with van der Waals surface area (Å²) in [6.45, 7) is 7.53. The van der Waals surface area contributed by atoms with Crippen molar-refractivity contribution < 1.29 is 4.79 Å². The van der Waals surface area contributed by atoms with Crippen molar-refractivity contribution in [1.29, 1.82) is 0 Å². The highest BCUT2D eigenvalue weighted by atomic mass is 32.1. The number of carbonyl (C=O) groups is 1. The van der Waals surface area contributed by atoms with E-state index in [1.807, 2.05) is 18.7 Å². The summed E-state index contributed by atoms with van der Waals surface area (Å²) in [5, 5.41) is 9.60. The maximum atomic E-state index is 12.0. The van der Waals surface area contributed by atoms with Crippen LogP contribution in [0.2, 0.25) is 0 Å². The summed E-state index contributed by atoms with van der Waals surface area (Å²) in [7, 11) is 0. The molecule has 1 amide bonds. The minimum Gasteiger partial charge on any atom is -0.357 e. The number of rotatable bonds is 6. The predicted octanol–water partition coefficient (Wildman–Crippen LogP) is 1.17. The van der Waals surface area contributed by atoms with Gasteiger partial charge in [-0.25, -0.2) is 9.98 Å². The quantitative estimate of drug-likeness (QED) is 0.609. The van der Waals surface area contributed by atoms with E-state index in [0.29, 0.717) is 5.96 Å². The Balaban J connectivity index is 1.77. The van der Waals surface area contributed by atoms with Crippen molar-refractivity contribution in [3.05, 3.63) is 16.1 Å². The van der Waals surface area contributed by atoms with Crippen LogP contribution < -0.4 is 10.6 Å². The lowest BCUT2D eigenvalue weighted by Crippen LogP contribution is -2.39. The van der Waals surface area contributed by atoms with Crippen LogP contribution in [0.3, 0.4) is 0 Å². The maximum absolute atomic E-state index is 12.0. The summed E-state index contributed by atoms with van der Waals surface area (Å²) >= 11 is 1.67. The minimum atomic E-state index is 0.116. The van der Waals surface area contributed by atoms with E-state index in [0.717, 1.165) is 56.1 Å². The first-order chi connectivity index (χ1) is 10.7. The maximum Gasteiger partial charge on any atom is 0.244 e. The van der Waals surface area contributed by atoms with E-state index in [-0.39, 0.29) is 12.5 Å². The molecule has 0 atom stereocenters. The molecule has 2 heterocycles. The van der Waals surface area contributed by atoms with Crippen LogP contribution in [0.5, 0.6) is 0 Å². The molecule has 1 aliphatic heterocycles. The molecule has 1 saturated heterocycles. The number of aryl methyl sites for hydroxylation is 1. The Morgan fingerprint density at radius 2 is 2.18 bits per heavy atom. The molecule has 0 aromatic carbocycles. The Labute approximate surface area is 136 Å². The zero-order valence-corrected chi connectivity index (χ0v) is 14.2. The van der Waals surface area contributed by atoms with E-state index in [9.17, 15) is 4.79 Å². The molecule has 1 aromatic heterocycles.